The van der Waals surface area contributed by atoms with E-state index in [4.69, 9.17) is 0 Å². The molecule has 4 nitrogen and oxygen atoms in total. The maximum atomic E-state index is 13.1. The highest BCUT2D eigenvalue weighted by Gasteiger charge is 2.23. The van der Waals surface area contributed by atoms with Gasteiger partial charge in [0.2, 0.25) is 0 Å². The van der Waals surface area contributed by atoms with Crippen LogP contribution in [0.4, 0.5) is 4.39 Å². The van der Waals surface area contributed by atoms with Crippen LogP contribution in [0, 0.1) is 11.7 Å². The average molecular weight is 349 g/mol. The number of halogens is 1. The highest BCUT2D eigenvalue weighted by atomic mass is 32.2. The number of hydrogen-bond acceptors (Lipinski definition) is 3. The smallest absolute Gasteiger partial charge is 0.253 e. The largest absolute Gasteiger partial charge is 0.345 e. The summed E-state index contributed by atoms with van der Waals surface area (Å²) in [6.45, 7) is 3.85. The molecule has 0 spiro atoms. The number of amides is 1. The van der Waals surface area contributed by atoms with Crippen molar-refractivity contribution in [1.82, 2.24) is 5.32 Å². The van der Waals surface area contributed by atoms with Crippen molar-refractivity contribution in [3.8, 4) is 0 Å². The molecule has 0 aromatic heterocycles. The Hall–Kier alpha value is -2.21. The lowest BCUT2D eigenvalue weighted by molar-refractivity contribution is 0.0922. The Morgan fingerprint density at radius 2 is 1.62 bits per heavy atom. The van der Waals surface area contributed by atoms with E-state index >= 15 is 0 Å². The van der Waals surface area contributed by atoms with Gasteiger partial charge in [-0.05, 0) is 35.7 Å². The molecule has 0 aliphatic carbocycles. The minimum atomic E-state index is -3.52. The average Bonchev–Trinajstić information content (AvgIpc) is 2.52. The van der Waals surface area contributed by atoms with E-state index in [1.54, 1.807) is 24.3 Å². The molecular formula is C18H20FNO3S. The molecular weight excluding hydrogens is 329 g/mol. The Bertz CT molecular complexity index is 830. The third-order valence-corrected chi connectivity index (χ3v) is 4.87. The van der Waals surface area contributed by atoms with Gasteiger partial charge in [-0.25, -0.2) is 12.8 Å². The second kappa shape index (κ2) is 7.13. The van der Waals surface area contributed by atoms with Crippen LogP contribution in [0.25, 0.3) is 0 Å². The van der Waals surface area contributed by atoms with Crippen LogP contribution in [-0.4, -0.2) is 20.6 Å². The monoisotopic (exact) mass is 349 g/mol. The van der Waals surface area contributed by atoms with Crippen LogP contribution >= 0.6 is 0 Å². The number of hydrogen-bond donors (Lipinski definition) is 1. The van der Waals surface area contributed by atoms with Crippen molar-refractivity contribution in [1.29, 1.82) is 0 Å². The summed E-state index contributed by atoms with van der Waals surface area (Å²) in [5.74, 6) is -0.779. The zero-order valence-corrected chi connectivity index (χ0v) is 14.6. The molecule has 2 rings (SSSR count). The first kappa shape index (κ1) is 18.1. The molecule has 0 bridgehead atoms. The van der Waals surface area contributed by atoms with Crippen molar-refractivity contribution in [3.05, 3.63) is 65.5 Å². The molecule has 0 fully saturated rings. The van der Waals surface area contributed by atoms with Gasteiger partial charge in [0, 0.05) is 6.26 Å². The van der Waals surface area contributed by atoms with Gasteiger partial charge >= 0.3 is 0 Å². The van der Waals surface area contributed by atoms with Gasteiger partial charge in [-0.3, -0.25) is 4.79 Å². The second-order valence-electron chi connectivity index (χ2n) is 6.02. The van der Waals surface area contributed by atoms with Crippen molar-refractivity contribution >= 4 is 15.7 Å². The fraction of sp³-hybridized carbons (Fsp3) is 0.278. The van der Waals surface area contributed by atoms with Crippen LogP contribution in [0.15, 0.2) is 53.4 Å². The summed E-state index contributed by atoms with van der Waals surface area (Å²) >= 11 is 0. The molecule has 0 heterocycles. The van der Waals surface area contributed by atoms with E-state index < -0.39 is 15.7 Å². The third kappa shape index (κ3) is 4.20. The predicted molar refractivity (Wildman–Crippen MR) is 91.0 cm³/mol. The van der Waals surface area contributed by atoms with E-state index in [1.807, 2.05) is 13.8 Å². The van der Waals surface area contributed by atoms with Crippen LogP contribution < -0.4 is 5.32 Å². The van der Waals surface area contributed by atoms with Crippen LogP contribution in [0.2, 0.25) is 0 Å². The van der Waals surface area contributed by atoms with Crippen LogP contribution in [0.5, 0.6) is 0 Å². The molecule has 0 saturated heterocycles. The van der Waals surface area contributed by atoms with Crippen molar-refractivity contribution in [3.63, 3.8) is 0 Å². The zero-order chi connectivity index (χ0) is 17.9. The molecule has 0 aliphatic rings. The molecule has 24 heavy (non-hydrogen) atoms. The van der Waals surface area contributed by atoms with Gasteiger partial charge in [-0.15, -0.1) is 0 Å². The summed E-state index contributed by atoms with van der Waals surface area (Å²) < 4.78 is 36.8. The summed E-state index contributed by atoms with van der Waals surface area (Å²) in [5, 5.41) is 2.86. The summed E-state index contributed by atoms with van der Waals surface area (Å²) in [6, 6.07) is 11.6. The fourth-order valence-corrected chi connectivity index (χ4v) is 3.39. The Morgan fingerprint density at radius 1 is 1.04 bits per heavy atom. The zero-order valence-electron chi connectivity index (χ0n) is 13.8. The Kier molecular flexibility index (Phi) is 5.39. The van der Waals surface area contributed by atoms with Gasteiger partial charge in [0.05, 0.1) is 16.5 Å². The number of benzene rings is 2. The highest BCUT2D eigenvalue weighted by molar-refractivity contribution is 7.90. The fourth-order valence-electron chi connectivity index (χ4n) is 2.50. The second-order valence-corrected chi connectivity index (χ2v) is 8.00. The Balaban J connectivity index is 2.35. The molecule has 2 aromatic carbocycles. The summed E-state index contributed by atoms with van der Waals surface area (Å²) in [4.78, 5) is 12.6. The topological polar surface area (TPSA) is 63.2 Å². The van der Waals surface area contributed by atoms with Gasteiger partial charge in [0.15, 0.2) is 9.84 Å². The van der Waals surface area contributed by atoms with Crippen molar-refractivity contribution in [2.75, 3.05) is 6.26 Å². The third-order valence-electron chi connectivity index (χ3n) is 3.71. The lowest BCUT2D eigenvalue weighted by Crippen LogP contribution is -2.32. The Labute approximate surface area is 141 Å². The van der Waals surface area contributed by atoms with Gasteiger partial charge < -0.3 is 5.32 Å². The van der Waals surface area contributed by atoms with Crippen LogP contribution in [-0.2, 0) is 9.84 Å². The number of carbonyl (C=O) groups excluding carboxylic acids is 1. The van der Waals surface area contributed by atoms with Crippen LogP contribution in [0.3, 0.4) is 0 Å². The standard InChI is InChI=1S/C18H20FNO3S/c1-12(2)17(13-8-10-14(19)11-9-13)20-18(21)15-6-4-5-7-16(15)24(3,22)23/h4-12,17H,1-3H3,(H,20,21). The summed E-state index contributed by atoms with van der Waals surface area (Å²) in [7, 11) is -3.52. The molecule has 2 aromatic rings. The van der Waals surface area contributed by atoms with E-state index in [9.17, 15) is 17.6 Å². The van der Waals surface area contributed by atoms with Gasteiger partial charge in [0.25, 0.3) is 5.91 Å². The Morgan fingerprint density at radius 3 is 2.17 bits per heavy atom. The number of sulfone groups is 1. The minimum absolute atomic E-state index is 0.0101. The highest BCUT2D eigenvalue weighted by Crippen LogP contribution is 2.23. The first-order valence-electron chi connectivity index (χ1n) is 7.55. The molecule has 0 saturated carbocycles. The SMILES string of the molecule is CC(C)C(NC(=O)c1ccccc1S(C)(=O)=O)c1ccc(F)cc1. The first-order chi connectivity index (χ1) is 11.2. The predicted octanol–water partition coefficient (Wildman–Crippen LogP) is 3.36. The summed E-state index contributed by atoms with van der Waals surface area (Å²) in [5.41, 5.74) is 0.865. The lowest BCUT2D eigenvalue weighted by Gasteiger charge is -2.23. The quantitative estimate of drug-likeness (QED) is 0.900. The van der Waals surface area contributed by atoms with Gasteiger partial charge in [-0.1, -0.05) is 38.1 Å². The molecule has 6 heteroatoms. The molecule has 1 N–H and O–H groups in total. The van der Waals surface area contributed by atoms with E-state index in [2.05, 4.69) is 5.32 Å². The van der Waals surface area contributed by atoms with Gasteiger partial charge in [0.1, 0.15) is 5.82 Å². The van der Waals surface area contributed by atoms with Crippen LogP contribution in [0.1, 0.15) is 35.8 Å². The molecule has 0 radical (unpaired) electrons. The van der Waals surface area contributed by atoms with E-state index in [1.165, 1.54) is 24.3 Å². The molecule has 0 aliphatic heterocycles. The van der Waals surface area contributed by atoms with E-state index in [0.717, 1.165) is 11.8 Å². The molecule has 1 atom stereocenters. The van der Waals surface area contributed by atoms with Crippen molar-refractivity contribution < 1.29 is 17.6 Å². The number of rotatable bonds is 5. The molecule has 1 amide bonds. The van der Waals surface area contributed by atoms with E-state index in [-0.39, 0.29) is 28.2 Å². The van der Waals surface area contributed by atoms with Crippen molar-refractivity contribution in [2.24, 2.45) is 5.92 Å². The molecule has 128 valence electrons. The van der Waals surface area contributed by atoms with Gasteiger partial charge in [-0.2, -0.15) is 0 Å². The normalized spacial score (nSPS) is 12.9. The maximum absolute atomic E-state index is 13.1. The van der Waals surface area contributed by atoms with E-state index in [0.29, 0.717) is 0 Å². The number of nitrogens with one attached hydrogen (secondary N) is 1. The molecule has 1 unspecified atom stereocenters. The summed E-state index contributed by atoms with van der Waals surface area (Å²) in [6.07, 6.45) is 1.07. The maximum Gasteiger partial charge on any atom is 0.253 e. The minimum Gasteiger partial charge on any atom is -0.345 e. The van der Waals surface area contributed by atoms with Crippen molar-refractivity contribution in [2.45, 2.75) is 24.8 Å². The first-order valence-corrected chi connectivity index (χ1v) is 9.44. The number of carbonyl (C=O) groups is 1. The lowest BCUT2D eigenvalue weighted by atomic mass is 9.95.